The van der Waals surface area contributed by atoms with Crippen LogP contribution in [0.3, 0.4) is 0 Å². The summed E-state index contributed by atoms with van der Waals surface area (Å²) in [6.07, 6.45) is 1.64. The zero-order valence-corrected chi connectivity index (χ0v) is 11.7. The fourth-order valence-electron chi connectivity index (χ4n) is 1.61. The highest BCUT2D eigenvalue weighted by molar-refractivity contribution is 5.87. The smallest absolute Gasteiger partial charge is 0.333 e. The van der Waals surface area contributed by atoms with Gasteiger partial charge >= 0.3 is 5.97 Å². The minimum Gasteiger partial charge on any atom is -0.508 e. The zero-order valence-electron chi connectivity index (χ0n) is 11.7. The maximum atomic E-state index is 11.5. The van der Waals surface area contributed by atoms with Crippen LogP contribution in [0.25, 0.3) is 0 Å². The van der Waals surface area contributed by atoms with E-state index in [4.69, 9.17) is 4.74 Å². The lowest BCUT2D eigenvalue weighted by Crippen LogP contribution is -2.29. The predicted molar refractivity (Wildman–Crippen MR) is 72.8 cm³/mol. The van der Waals surface area contributed by atoms with Crippen molar-refractivity contribution in [3.05, 3.63) is 41.0 Å². The van der Waals surface area contributed by atoms with E-state index in [9.17, 15) is 15.0 Å². The Kier molecular flexibility index (Phi) is 4.72. The Labute approximate surface area is 113 Å². The lowest BCUT2D eigenvalue weighted by Gasteiger charge is -2.24. The predicted octanol–water partition coefficient (Wildman–Crippen LogP) is 2.42. The normalized spacial score (nSPS) is 14.9. The fourth-order valence-corrected chi connectivity index (χ4v) is 1.61. The molecule has 0 saturated carbocycles. The van der Waals surface area contributed by atoms with Crippen LogP contribution in [0, 0.1) is 6.92 Å². The minimum atomic E-state index is -1.43. The molecule has 104 valence electrons. The van der Waals surface area contributed by atoms with Gasteiger partial charge in [0.15, 0.2) is 0 Å². The second kappa shape index (κ2) is 5.89. The van der Waals surface area contributed by atoms with Crippen LogP contribution in [-0.2, 0) is 15.1 Å². The molecule has 1 unspecified atom stereocenters. The van der Waals surface area contributed by atoms with E-state index in [2.05, 4.69) is 0 Å². The van der Waals surface area contributed by atoms with Crippen molar-refractivity contribution in [3.63, 3.8) is 0 Å². The Morgan fingerprint density at radius 1 is 1.47 bits per heavy atom. The van der Waals surface area contributed by atoms with Gasteiger partial charge in [0.05, 0.1) is 0 Å². The number of benzene rings is 1. The van der Waals surface area contributed by atoms with Gasteiger partial charge in [-0.1, -0.05) is 18.2 Å². The first-order valence-electron chi connectivity index (χ1n) is 6.10. The summed E-state index contributed by atoms with van der Waals surface area (Å²) in [5.41, 5.74) is 0.272. The highest BCUT2D eigenvalue weighted by atomic mass is 16.5. The molecule has 19 heavy (non-hydrogen) atoms. The number of carbonyl (C=O) groups is 1. The highest BCUT2D eigenvalue weighted by Gasteiger charge is 2.28. The second-order valence-electron chi connectivity index (χ2n) is 4.84. The van der Waals surface area contributed by atoms with E-state index in [0.29, 0.717) is 11.1 Å². The summed E-state index contributed by atoms with van der Waals surface area (Å²) < 4.78 is 5.03. The molecule has 1 atom stereocenters. The van der Waals surface area contributed by atoms with Crippen LogP contribution in [0.15, 0.2) is 29.8 Å². The summed E-state index contributed by atoms with van der Waals surface area (Å²) >= 11 is 0. The van der Waals surface area contributed by atoms with Crippen molar-refractivity contribution in [2.45, 2.75) is 33.3 Å². The Hall–Kier alpha value is -1.81. The number of hydrogen-bond acceptors (Lipinski definition) is 4. The number of allylic oxidation sites excluding steroid dienone is 1. The molecule has 0 spiro atoms. The van der Waals surface area contributed by atoms with Gasteiger partial charge in [0.1, 0.15) is 18.0 Å². The standard InChI is InChI=1S/C15H20O4/c1-5-11(3)14(17)19-9-15(4,18)12-7-6-10(2)8-13(12)16/h5-8,16,18H,9H2,1-4H3. The zero-order chi connectivity index (χ0) is 14.6. The third-order valence-electron chi connectivity index (χ3n) is 2.97. The number of hydrogen-bond donors (Lipinski definition) is 2. The van der Waals surface area contributed by atoms with Crippen molar-refractivity contribution in [2.24, 2.45) is 0 Å². The molecule has 1 rings (SSSR count). The average molecular weight is 264 g/mol. The van der Waals surface area contributed by atoms with E-state index in [0.717, 1.165) is 5.56 Å². The van der Waals surface area contributed by atoms with Crippen LogP contribution in [-0.4, -0.2) is 22.8 Å². The van der Waals surface area contributed by atoms with Crippen LogP contribution < -0.4 is 0 Å². The van der Waals surface area contributed by atoms with Gasteiger partial charge in [-0.05, 0) is 39.3 Å². The quantitative estimate of drug-likeness (QED) is 0.647. The number of ether oxygens (including phenoxy) is 1. The molecule has 1 aromatic rings. The SMILES string of the molecule is CC=C(C)C(=O)OCC(C)(O)c1ccc(C)cc1O. The maximum absolute atomic E-state index is 11.5. The summed E-state index contributed by atoms with van der Waals surface area (Å²) in [4.78, 5) is 11.5. The number of rotatable bonds is 4. The number of phenols is 1. The molecule has 0 aliphatic carbocycles. The van der Waals surface area contributed by atoms with Crippen molar-refractivity contribution in [3.8, 4) is 5.75 Å². The van der Waals surface area contributed by atoms with Gasteiger partial charge in [-0.15, -0.1) is 0 Å². The first-order chi connectivity index (χ1) is 8.77. The third-order valence-corrected chi connectivity index (χ3v) is 2.97. The van der Waals surface area contributed by atoms with Crippen LogP contribution in [0.1, 0.15) is 31.9 Å². The first kappa shape index (κ1) is 15.2. The molecular formula is C15H20O4. The lowest BCUT2D eigenvalue weighted by atomic mass is 9.95. The van der Waals surface area contributed by atoms with Gasteiger partial charge in [0.25, 0.3) is 0 Å². The molecule has 0 aliphatic heterocycles. The van der Waals surface area contributed by atoms with Gasteiger partial charge in [-0.25, -0.2) is 4.79 Å². The van der Waals surface area contributed by atoms with Crippen molar-refractivity contribution in [1.82, 2.24) is 0 Å². The van der Waals surface area contributed by atoms with E-state index in [1.54, 1.807) is 38.1 Å². The molecule has 0 radical (unpaired) electrons. The number of esters is 1. The average Bonchev–Trinajstić information content (AvgIpc) is 2.34. The maximum Gasteiger partial charge on any atom is 0.333 e. The number of aliphatic hydroxyl groups is 1. The first-order valence-corrected chi connectivity index (χ1v) is 6.10. The van der Waals surface area contributed by atoms with E-state index in [1.165, 1.54) is 6.92 Å². The molecule has 0 fully saturated rings. The van der Waals surface area contributed by atoms with E-state index < -0.39 is 11.6 Å². The number of carbonyl (C=O) groups excluding carboxylic acids is 1. The van der Waals surface area contributed by atoms with Crippen molar-refractivity contribution in [2.75, 3.05) is 6.61 Å². The monoisotopic (exact) mass is 264 g/mol. The number of aryl methyl sites for hydroxylation is 1. The molecule has 1 aromatic carbocycles. The Morgan fingerprint density at radius 3 is 2.63 bits per heavy atom. The fraction of sp³-hybridized carbons (Fsp3) is 0.400. The van der Waals surface area contributed by atoms with E-state index >= 15 is 0 Å². The Bertz CT molecular complexity index is 501. The molecule has 0 heterocycles. The molecule has 2 N–H and O–H groups in total. The van der Waals surface area contributed by atoms with Crippen molar-refractivity contribution >= 4 is 5.97 Å². The summed E-state index contributed by atoms with van der Waals surface area (Å²) in [5.74, 6) is -0.488. The summed E-state index contributed by atoms with van der Waals surface area (Å²) in [6.45, 7) is 6.50. The Balaban J connectivity index is 2.84. The van der Waals surface area contributed by atoms with Crippen LogP contribution in [0.4, 0.5) is 0 Å². The highest BCUT2D eigenvalue weighted by Crippen LogP contribution is 2.30. The minimum absolute atomic E-state index is 0.0104. The number of aromatic hydroxyl groups is 1. The summed E-state index contributed by atoms with van der Waals surface area (Å²) in [5, 5.41) is 20.1. The Morgan fingerprint density at radius 2 is 2.11 bits per heavy atom. The molecule has 4 nitrogen and oxygen atoms in total. The molecule has 0 amide bonds. The molecule has 0 saturated heterocycles. The van der Waals surface area contributed by atoms with Crippen molar-refractivity contribution in [1.29, 1.82) is 0 Å². The molecule has 4 heteroatoms. The van der Waals surface area contributed by atoms with E-state index in [1.807, 2.05) is 6.92 Å². The van der Waals surface area contributed by atoms with Gasteiger partial charge in [0.2, 0.25) is 0 Å². The second-order valence-corrected chi connectivity index (χ2v) is 4.84. The van der Waals surface area contributed by atoms with Gasteiger partial charge in [0, 0.05) is 11.1 Å². The van der Waals surface area contributed by atoms with Gasteiger partial charge < -0.3 is 14.9 Å². The summed E-state index contributed by atoms with van der Waals surface area (Å²) in [6, 6.07) is 4.96. The topological polar surface area (TPSA) is 66.8 Å². The third kappa shape index (κ3) is 3.83. The van der Waals surface area contributed by atoms with Crippen LogP contribution in [0.2, 0.25) is 0 Å². The largest absolute Gasteiger partial charge is 0.508 e. The van der Waals surface area contributed by atoms with Crippen LogP contribution >= 0.6 is 0 Å². The van der Waals surface area contributed by atoms with Crippen molar-refractivity contribution < 1.29 is 19.7 Å². The molecule has 0 bridgehead atoms. The van der Waals surface area contributed by atoms with Gasteiger partial charge in [-0.2, -0.15) is 0 Å². The molecule has 0 aliphatic rings. The summed E-state index contributed by atoms with van der Waals surface area (Å²) in [7, 11) is 0. The van der Waals surface area contributed by atoms with Gasteiger partial charge in [-0.3, -0.25) is 0 Å². The lowest BCUT2D eigenvalue weighted by molar-refractivity contribution is -0.146. The van der Waals surface area contributed by atoms with Crippen LogP contribution in [0.5, 0.6) is 5.75 Å². The molecule has 0 aromatic heterocycles. The molecular weight excluding hydrogens is 244 g/mol. The number of phenolic OH excluding ortho intramolecular Hbond substituents is 1. The van der Waals surface area contributed by atoms with E-state index in [-0.39, 0.29) is 12.4 Å².